The number of fused-ring (bicyclic) bond motifs is 6. The summed E-state index contributed by atoms with van der Waals surface area (Å²) in [5, 5.41) is 15.4. The van der Waals surface area contributed by atoms with Crippen molar-refractivity contribution in [3.05, 3.63) is 90.1 Å². The Morgan fingerprint density at radius 3 is 2.14 bits per heavy atom. The molecule has 0 saturated carbocycles. The molecule has 1 N–H and O–H groups in total. The molecule has 0 aliphatic heterocycles. The second-order valence-corrected chi connectivity index (χ2v) is 13.7. The summed E-state index contributed by atoms with van der Waals surface area (Å²) in [7, 11) is 0. The zero-order valence-electron chi connectivity index (χ0n) is 30.2. The van der Waals surface area contributed by atoms with E-state index in [1.165, 1.54) is 11.5 Å². The molecule has 0 amide bonds. The van der Waals surface area contributed by atoms with Crippen LogP contribution in [-0.4, -0.2) is 25.8 Å². The molecule has 0 aliphatic rings. The molecule has 0 unspecified atom stereocenters. The van der Waals surface area contributed by atoms with Crippen LogP contribution in [0, 0.1) is 23.8 Å². The van der Waals surface area contributed by atoms with Gasteiger partial charge in [0.15, 0.2) is 5.78 Å². The number of ketones is 1. The molecular formula is C42H48IrN3O3-. The van der Waals surface area contributed by atoms with E-state index in [1.54, 1.807) is 0 Å². The smallest absolute Gasteiger partial charge is 0.216 e. The van der Waals surface area contributed by atoms with E-state index in [4.69, 9.17) is 14.4 Å². The third-order valence-corrected chi connectivity index (χ3v) is 10.4. The molecule has 259 valence electrons. The van der Waals surface area contributed by atoms with Crippen molar-refractivity contribution in [2.75, 3.05) is 0 Å². The first-order valence-corrected chi connectivity index (χ1v) is 17.3. The van der Waals surface area contributed by atoms with Crippen molar-refractivity contribution in [1.29, 1.82) is 0 Å². The minimum absolute atomic E-state index is 0. The number of aryl methyl sites for hydroxylation is 1. The zero-order chi connectivity index (χ0) is 34.8. The van der Waals surface area contributed by atoms with Crippen molar-refractivity contribution in [3.8, 4) is 11.3 Å². The van der Waals surface area contributed by atoms with E-state index in [0.717, 1.165) is 81.1 Å². The van der Waals surface area contributed by atoms with Gasteiger partial charge in [0.1, 0.15) is 11.6 Å². The van der Waals surface area contributed by atoms with E-state index in [9.17, 15) is 9.90 Å². The van der Waals surface area contributed by atoms with Crippen LogP contribution in [0.5, 0.6) is 0 Å². The molecule has 3 aromatic carbocycles. The monoisotopic (exact) mass is 835 g/mol. The molecule has 7 heteroatoms. The number of nitrogens with zero attached hydrogens (tertiary/aromatic N) is 3. The van der Waals surface area contributed by atoms with Crippen LogP contribution in [0.15, 0.2) is 76.9 Å². The van der Waals surface area contributed by atoms with Crippen molar-refractivity contribution in [3.63, 3.8) is 0 Å². The van der Waals surface area contributed by atoms with Gasteiger partial charge in [0.25, 0.3) is 0 Å². The second kappa shape index (κ2) is 15.3. The topological polar surface area (TPSA) is 89.1 Å². The Labute approximate surface area is 303 Å². The Hall–Kier alpha value is -3.93. The number of pyridine rings is 1. The molecular weight excluding hydrogens is 787 g/mol. The number of aromatic nitrogens is 3. The average Bonchev–Trinajstić information content (AvgIpc) is 3.48. The molecule has 0 bridgehead atoms. The van der Waals surface area contributed by atoms with Gasteiger partial charge in [-0.1, -0.05) is 103 Å². The van der Waals surface area contributed by atoms with E-state index < -0.39 is 0 Å². The van der Waals surface area contributed by atoms with Gasteiger partial charge < -0.3 is 9.52 Å². The van der Waals surface area contributed by atoms with Crippen LogP contribution in [-0.2, 0) is 24.9 Å². The van der Waals surface area contributed by atoms with Gasteiger partial charge in [0.2, 0.25) is 5.71 Å². The largest absolute Gasteiger partial charge is 0.512 e. The van der Waals surface area contributed by atoms with E-state index in [1.807, 2.05) is 66.7 Å². The molecule has 6 aromatic rings. The van der Waals surface area contributed by atoms with Crippen molar-refractivity contribution in [1.82, 2.24) is 15.0 Å². The molecule has 0 fully saturated rings. The molecule has 0 aliphatic carbocycles. The van der Waals surface area contributed by atoms with Crippen LogP contribution in [0.3, 0.4) is 0 Å². The molecule has 3 heterocycles. The first-order chi connectivity index (χ1) is 22.9. The summed E-state index contributed by atoms with van der Waals surface area (Å²) < 4.78 is 6.25. The second-order valence-electron chi connectivity index (χ2n) is 13.7. The third kappa shape index (κ3) is 7.34. The van der Waals surface area contributed by atoms with Gasteiger partial charge in [-0.2, -0.15) is 0 Å². The Balaban J connectivity index is 0.000000260. The van der Waals surface area contributed by atoms with Gasteiger partial charge in [-0.25, -0.2) is 9.97 Å². The number of aliphatic hydroxyl groups excluding tert-OH is 1. The fourth-order valence-electron chi connectivity index (χ4n) is 5.90. The molecule has 3 aromatic heterocycles. The predicted molar refractivity (Wildman–Crippen MR) is 198 cm³/mol. The van der Waals surface area contributed by atoms with Crippen LogP contribution in [0.25, 0.3) is 55.0 Å². The van der Waals surface area contributed by atoms with Crippen LogP contribution < -0.4 is 0 Å². The SMILES string of the molecule is CCC(C)(CC)C(=O)/C=C(\O)C(C)(CC)CC.Cc1ccc2c(n1)oc1c(-c3nc(C(C)C)nc4c3ccc3ccccc34)[c-]ccc12.[Ir]. The number of carbonyl (C=O) groups is 1. The fourth-order valence-corrected chi connectivity index (χ4v) is 5.90. The summed E-state index contributed by atoms with van der Waals surface area (Å²) in [6.45, 7) is 18.3. The molecule has 0 spiro atoms. The Bertz CT molecular complexity index is 2140. The van der Waals surface area contributed by atoms with Gasteiger partial charge >= 0.3 is 0 Å². The average molecular weight is 835 g/mol. The summed E-state index contributed by atoms with van der Waals surface area (Å²) in [5.74, 6) is 1.30. The standard InChI is InChI=1S/C27H20N3O.C15H28O2.Ir/c1-15(2)26-29-23-18-8-5-4-7-17(18)12-14-21(23)24(30-26)22-10-6-9-19-20-13-11-16(3)28-27(20)31-25(19)22;1-7-14(5,8-2)12(16)11-13(17)15(6,9-3)10-4;/h4-9,11-15H,1-3H3;11,16H,7-10H2,1-6H3;/q-1;;/b;12-11-;. The molecule has 49 heavy (non-hydrogen) atoms. The Morgan fingerprint density at radius 2 is 1.49 bits per heavy atom. The van der Waals surface area contributed by atoms with E-state index >= 15 is 0 Å². The van der Waals surface area contributed by atoms with Crippen molar-refractivity contribution < 1.29 is 34.4 Å². The summed E-state index contributed by atoms with van der Waals surface area (Å²) in [6, 6.07) is 24.0. The molecule has 0 saturated heterocycles. The number of allylic oxidation sites excluding steroid dienone is 2. The Morgan fingerprint density at radius 1 is 0.837 bits per heavy atom. The summed E-state index contributed by atoms with van der Waals surface area (Å²) >= 11 is 0. The van der Waals surface area contributed by atoms with Crippen LogP contribution in [0.1, 0.15) is 98.5 Å². The van der Waals surface area contributed by atoms with Crippen LogP contribution >= 0.6 is 0 Å². The minimum atomic E-state index is -0.337. The number of aliphatic hydroxyl groups is 1. The van der Waals surface area contributed by atoms with Crippen molar-refractivity contribution in [2.24, 2.45) is 10.8 Å². The third-order valence-electron chi connectivity index (χ3n) is 10.4. The summed E-state index contributed by atoms with van der Waals surface area (Å²) in [6.07, 6.45) is 4.75. The normalized spacial score (nSPS) is 12.4. The molecule has 6 rings (SSSR count). The molecule has 0 atom stereocenters. The quantitative estimate of drug-likeness (QED) is 0.0675. The minimum Gasteiger partial charge on any atom is -0.512 e. The first kappa shape index (κ1) is 37.9. The van der Waals surface area contributed by atoms with Crippen LogP contribution in [0.4, 0.5) is 0 Å². The fraction of sp³-hybridized carbons (Fsp3) is 0.381. The Kier molecular flexibility index (Phi) is 11.8. The van der Waals surface area contributed by atoms with Gasteiger partial charge in [-0.15, -0.1) is 18.2 Å². The maximum absolute atomic E-state index is 12.2. The van der Waals surface area contributed by atoms with Crippen LogP contribution in [0.2, 0.25) is 0 Å². The number of rotatable bonds is 9. The predicted octanol–water partition coefficient (Wildman–Crippen LogP) is 11.6. The maximum Gasteiger partial charge on any atom is 0.216 e. The molecule has 6 nitrogen and oxygen atoms in total. The maximum atomic E-state index is 12.2. The van der Waals surface area contributed by atoms with Gasteiger partial charge in [-0.05, 0) is 55.5 Å². The summed E-state index contributed by atoms with van der Waals surface area (Å²) in [4.78, 5) is 26.7. The molecule has 1 radical (unpaired) electrons. The zero-order valence-corrected chi connectivity index (χ0v) is 32.6. The number of benzene rings is 3. The summed E-state index contributed by atoms with van der Waals surface area (Å²) in [5.41, 5.74) is 4.38. The van der Waals surface area contributed by atoms with Gasteiger partial charge in [-0.3, -0.25) is 9.78 Å². The van der Waals surface area contributed by atoms with Crippen molar-refractivity contribution in [2.45, 2.75) is 93.9 Å². The van der Waals surface area contributed by atoms with Crippen molar-refractivity contribution >= 4 is 49.5 Å². The van der Waals surface area contributed by atoms with E-state index in [0.29, 0.717) is 5.71 Å². The van der Waals surface area contributed by atoms with E-state index in [-0.39, 0.29) is 48.4 Å². The number of furan rings is 1. The number of carbonyl (C=O) groups excluding carboxylic acids is 1. The van der Waals surface area contributed by atoms with Gasteiger partial charge in [0, 0.05) is 65.1 Å². The first-order valence-electron chi connectivity index (χ1n) is 17.3. The number of hydrogen-bond acceptors (Lipinski definition) is 6. The van der Waals surface area contributed by atoms with Gasteiger partial charge in [0.05, 0.1) is 11.1 Å². The number of hydrogen-bond donors (Lipinski definition) is 1. The van der Waals surface area contributed by atoms with E-state index in [2.05, 4.69) is 67.4 Å².